The lowest BCUT2D eigenvalue weighted by Crippen LogP contribution is -2.55. The van der Waals surface area contributed by atoms with Crippen LogP contribution >= 0.6 is 60.4 Å². The normalized spacial score (nSPS) is 26.2. The Morgan fingerprint density at radius 1 is 0.426 bits per heavy atom. The number of Topliss-reactive ketones (excluding diaryl/α,β-unsaturated/α-hetero) is 2. The number of ether oxygens (including phenoxy) is 8. The number of fused-ring (bicyclic) bond motifs is 2. The predicted octanol–water partition coefficient (Wildman–Crippen LogP) is 21.3. The fourth-order valence-corrected chi connectivity index (χ4v) is 23.0. The summed E-state index contributed by atoms with van der Waals surface area (Å²) in [6.45, 7) is 18.7. The van der Waals surface area contributed by atoms with Crippen molar-refractivity contribution in [2.45, 2.75) is 298 Å². The first-order chi connectivity index (χ1) is 61.6. The van der Waals surface area contributed by atoms with E-state index in [9.17, 15) is 27.6 Å². The second kappa shape index (κ2) is 54.3. The fourth-order valence-electron chi connectivity index (χ4n) is 22.4. The molecule has 4 unspecified atom stereocenters. The number of piperazine rings is 1. The first-order valence-corrected chi connectivity index (χ1v) is 49.8. The van der Waals surface area contributed by atoms with Gasteiger partial charge in [-0.1, -0.05) is 229 Å². The molecule has 12 fully saturated rings. The van der Waals surface area contributed by atoms with Gasteiger partial charge in [-0.3, -0.25) is 38.9 Å². The average Bonchev–Trinajstić information content (AvgIpc) is 1.63. The zero-order chi connectivity index (χ0) is 87.3. The lowest BCUT2D eigenvalue weighted by Gasteiger charge is -2.43. The van der Waals surface area contributed by atoms with Gasteiger partial charge in [0.2, 0.25) is 5.91 Å². The van der Waals surface area contributed by atoms with Crippen molar-refractivity contribution in [1.29, 1.82) is 0 Å². The number of halogens is 8. The number of hydrogen-bond donors (Lipinski definition) is 0. The SMILES string of the molecule is CC(=O)N1CCN(C2CCCC[C@@H]2OCCc2ccc3ccccc3c2)CC1.Cl.Cl.Cl.FC(F)(F)c1ccccc1CCO[C@H]1CCCC[C@H]1N1CCOCC1.O=C1CCN(C2CCCC[C@@H]2OCCc2c(Cl)cccc2Cl)C1.O=C1CCN([C@@H]2CCCCC2OCCCC2CCCCC2)C1.c1ccc2c(CCO[C@H]3CCCCC3N3CCC4(C3)OCCO4)cccc2c1. The minimum absolute atomic E-state index is 0. The van der Waals surface area contributed by atoms with E-state index in [1.165, 1.54) is 174 Å². The molecule has 25 heteroatoms. The molecule has 12 aliphatic rings. The summed E-state index contributed by atoms with van der Waals surface area (Å²) < 4.78 is 88.0. The third-order valence-electron chi connectivity index (χ3n) is 29.3. The number of benzene rings is 6. The molecule has 6 aliphatic carbocycles. The average molecular weight is 1890 g/mol. The van der Waals surface area contributed by atoms with Gasteiger partial charge in [0, 0.05) is 132 Å². The van der Waals surface area contributed by atoms with Gasteiger partial charge < -0.3 is 42.8 Å². The Hall–Kier alpha value is -4.63. The lowest BCUT2D eigenvalue weighted by atomic mass is 9.86. The van der Waals surface area contributed by atoms with Crippen LogP contribution in [0.1, 0.15) is 227 Å². The van der Waals surface area contributed by atoms with Crippen molar-refractivity contribution in [3.8, 4) is 0 Å². The number of carbonyl (C=O) groups is 3. The molecule has 17 nitrogen and oxygen atoms in total. The summed E-state index contributed by atoms with van der Waals surface area (Å²) in [5.41, 5.74) is 3.46. The largest absolute Gasteiger partial charge is 0.416 e. The highest BCUT2D eigenvalue weighted by Gasteiger charge is 2.47. The monoisotopic (exact) mass is 1890 g/mol. The third-order valence-corrected chi connectivity index (χ3v) is 30.1. The number of rotatable bonds is 26. The lowest BCUT2D eigenvalue weighted by molar-refractivity contribution is -0.150. The second-order valence-electron chi connectivity index (χ2n) is 37.7. The van der Waals surface area contributed by atoms with Gasteiger partial charge in [0.1, 0.15) is 11.6 Å². The number of amides is 1. The maximum absolute atomic E-state index is 13.1. The quantitative estimate of drug-likeness (QED) is 0.0474. The van der Waals surface area contributed by atoms with Crippen LogP contribution < -0.4 is 0 Å². The first kappa shape index (κ1) is 105. The van der Waals surface area contributed by atoms with Gasteiger partial charge in [0.25, 0.3) is 0 Å². The number of hydrogen-bond acceptors (Lipinski definition) is 16. The summed E-state index contributed by atoms with van der Waals surface area (Å²) in [5, 5.41) is 6.67. The van der Waals surface area contributed by atoms with Crippen molar-refractivity contribution in [2.24, 2.45) is 5.92 Å². The van der Waals surface area contributed by atoms with Gasteiger partial charge in [0.15, 0.2) is 5.79 Å². The molecule has 6 heterocycles. The van der Waals surface area contributed by atoms with Crippen LogP contribution in [0.25, 0.3) is 21.5 Å². The van der Waals surface area contributed by atoms with Crippen molar-refractivity contribution >= 4 is 99.4 Å². The fraction of sp³-hybridized carbons (Fsp3) is 0.663. The number of nitrogens with zero attached hydrogens (tertiary/aromatic N) is 6. The maximum Gasteiger partial charge on any atom is 0.416 e. The summed E-state index contributed by atoms with van der Waals surface area (Å²) in [4.78, 5) is 49.0. The van der Waals surface area contributed by atoms with E-state index in [1.54, 1.807) is 19.1 Å². The summed E-state index contributed by atoms with van der Waals surface area (Å²) >= 11 is 12.4. The molecular formula is C104H148Cl5F3N6O11. The molecule has 0 aromatic heterocycles. The molecule has 6 aromatic carbocycles. The summed E-state index contributed by atoms with van der Waals surface area (Å²) in [6, 6.07) is 44.1. The van der Waals surface area contributed by atoms with Crippen LogP contribution in [0.4, 0.5) is 13.2 Å². The van der Waals surface area contributed by atoms with E-state index in [1.807, 2.05) is 23.1 Å². The maximum atomic E-state index is 13.1. The Morgan fingerprint density at radius 2 is 0.868 bits per heavy atom. The Balaban J connectivity index is 0.000000156. The Bertz CT molecular complexity index is 4280. The van der Waals surface area contributed by atoms with Crippen LogP contribution in [0.5, 0.6) is 0 Å². The van der Waals surface area contributed by atoms with Crippen molar-refractivity contribution < 1.29 is 65.4 Å². The highest BCUT2D eigenvalue weighted by molar-refractivity contribution is 6.36. The highest BCUT2D eigenvalue weighted by atomic mass is 35.5. The molecule has 18 rings (SSSR count). The van der Waals surface area contributed by atoms with Crippen LogP contribution in [0.15, 0.2) is 127 Å². The van der Waals surface area contributed by atoms with Gasteiger partial charge in [-0.15, -0.1) is 37.2 Å². The van der Waals surface area contributed by atoms with Crippen LogP contribution in [0.2, 0.25) is 10.0 Å². The van der Waals surface area contributed by atoms with E-state index in [-0.39, 0.29) is 61.1 Å². The molecular weight excluding hydrogens is 1740 g/mol. The molecule has 129 heavy (non-hydrogen) atoms. The van der Waals surface area contributed by atoms with E-state index >= 15 is 0 Å². The predicted molar refractivity (Wildman–Crippen MR) is 518 cm³/mol. The van der Waals surface area contributed by atoms with Crippen LogP contribution in [-0.4, -0.2) is 251 Å². The number of alkyl halides is 3. The van der Waals surface area contributed by atoms with Crippen molar-refractivity contribution in [2.75, 3.05) is 138 Å². The Labute approximate surface area is 796 Å². The van der Waals surface area contributed by atoms with E-state index in [4.69, 9.17) is 61.1 Å². The molecule has 1 amide bonds. The van der Waals surface area contributed by atoms with Gasteiger partial charge >= 0.3 is 6.18 Å². The van der Waals surface area contributed by atoms with E-state index in [0.29, 0.717) is 115 Å². The molecule has 0 radical (unpaired) electrons. The number of likely N-dealkylation sites (tertiary alicyclic amines) is 3. The Kier molecular flexibility index (Phi) is 44.2. The third kappa shape index (κ3) is 31.2. The van der Waals surface area contributed by atoms with E-state index < -0.39 is 11.7 Å². The zero-order valence-corrected chi connectivity index (χ0v) is 80.6. The molecule has 6 saturated heterocycles. The van der Waals surface area contributed by atoms with Crippen LogP contribution in [-0.2, 0) is 84.1 Å². The number of ketones is 2. The molecule has 1 spiro atoms. The highest BCUT2D eigenvalue weighted by Crippen LogP contribution is 2.39. The van der Waals surface area contributed by atoms with Gasteiger partial charge in [-0.05, 0) is 171 Å². The smallest absolute Gasteiger partial charge is 0.379 e. The number of carbonyl (C=O) groups excluding carboxylic acids is 3. The molecule has 10 atom stereocenters. The van der Waals surface area contributed by atoms with Gasteiger partial charge in [-0.25, -0.2) is 0 Å². The van der Waals surface area contributed by atoms with Crippen molar-refractivity contribution in [3.05, 3.63) is 165 Å². The minimum Gasteiger partial charge on any atom is -0.379 e. The zero-order valence-electron chi connectivity index (χ0n) is 76.7. The summed E-state index contributed by atoms with van der Waals surface area (Å²) in [7, 11) is 0. The molecule has 716 valence electrons. The molecule has 6 saturated carbocycles. The topological polar surface area (TPSA) is 144 Å². The molecule has 6 aliphatic heterocycles. The van der Waals surface area contributed by atoms with Crippen molar-refractivity contribution in [3.63, 3.8) is 0 Å². The summed E-state index contributed by atoms with van der Waals surface area (Å²) in [5.74, 6) is 1.62. The summed E-state index contributed by atoms with van der Waals surface area (Å²) in [6.07, 6.45) is 36.3. The van der Waals surface area contributed by atoms with E-state index in [2.05, 4.69) is 109 Å². The van der Waals surface area contributed by atoms with Gasteiger partial charge in [0.05, 0.1) is 109 Å². The van der Waals surface area contributed by atoms with Crippen LogP contribution in [0, 0.1) is 5.92 Å². The first-order valence-electron chi connectivity index (χ1n) is 49.0. The van der Waals surface area contributed by atoms with Crippen LogP contribution in [0.3, 0.4) is 0 Å². The minimum atomic E-state index is -4.31. The van der Waals surface area contributed by atoms with Crippen molar-refractivity contribution in [1.82, 2.24) is 29.4 Å². The molecule has 0 N–H and O–H groups in total. The molecule has 0 bridgehead atoms. The number of morpholine rings is 1. The Morgan fingerprint density at radius 3 is 1.41 bits per heavy atom. The molecule has 6 aromatic rings. The second-order valence-corrected chi connectivity index (χ2v) is 38.5. The van der Waals surface area contributed by atoms with E-state index in [0.717, 1.165) is 200 Å². The standard InChI is InChI=1S/C24H32N2O2.C24H31NO3.C19H26F3NO2.C19H33NO2.C18H23Cl2NO2.3ClH/c1-19(27)25-13-15-26(16-14-25)23-8-4-5-9-24(23)28-17-12-20-10-11-21-6-2-3-7-22(21)18-20;1-2-9-21-19(6-1)7-5-8-20(21)12-15-26-23-11-4-3-10-22(23)25-14-13-24(18-25)27-16-17-28-24;20-19(21,22)16-6-2-1-5-15(16)9-12-25-18-8-4-3-7-17(18)23-10-13-24-14-11-23;21-17-12-13-20(15-17)18-10-4-5-11-19(18)22-14-6-9-16-7-2-1-3-8-16;19-15-4-3-5-16(20)14(15)9-11-23-18-7-2-1-6-17(18)21-10-8-13(22)12-21;;;/h2-3,6-7,10-11,18,23-24H,4-5,8-9,12-17H2,1H3;1-2,5-9,22-23H,3-4,10-18H2;1-2,5-6,17-18H,3-4,7-14H2;16,18-19H,1-15H2;3-5,17-18H,1-2,6-12H2;3*1H/t23?,24-;22?,23-;17-,18+;18-,19?;17?,18-;;;/m00110.../s1. The van der Waals surface area contributed by atoms with Gasteiger partial charge in [-0.2, -0.15) is 13.2 Å².